The lowest BCUT2D eigenvalue weighted by Gasteiger charge is -2.05. The first-order valence-corrected chi connectivity index (χ1v) is 7.29. The van der Waals surface area contributed by atoms with Crippen LogP contribution in [-0.4, -0.2) is 30.2 Å². The van der Waals surface area contributed by atoms with E-state index in [4.69, 9.17) is 0 Å². The van der Waals surface area contributed by atoms with Crippen LogP contribution < -0.4 is 10.6 Å². The van der Waals surface area contributed by atoms with E-state index < -0.39 is 0 Å². The molecule has 0 unspecified atom stereocenters. The minimum atomic E-state index is -0.193. The van der Waals surface area contributed by atoms with Crippen LogP contribution in [0.3, 0.4) is 0 Å². The van der Waals surface area contributed by atoms with E-state index in [2.05, 4.69) is 10.6 Å². The third kappa shape index (κ3) is 5.77. The third-order valence-electron chi connectivity index (χ3n) is 3.29. The number of benzene rings is 1. The highest BCUT2D eigenvalue weighted by Crippen LogP contribution is 2.18. The molecular formula is C16H20N2O3. The zero-order valence-electron chi connectivity index (χ0n) is 11.9. The van der Waals surface area contributed by atoms with Crippen molar-refractivity contribution in [2.75, 3.05) is 6.54 Å². The first-order valence-electron chi connectivity index (χ1n) is 7.29. The van der Waals surface area contributed by atoms with E-state index in [1.54, 1.807) is 12.1 Å². The fourth-order valence-corrected chi connectivity index (χ4v) is 1.95. The molecule has 0 radical (unpaired) electrons. The fourth-order valence-electron chi connectivity index (χ4n) is 1.95. The molecule has 21 heavy (non-hydrogen) atoms. The van der Waals surface area contributed by atoms with Crippen molar-refractivity contribution < 1.29 is 14.4 Å². The van der Waals surface area contributed by atoms with E-state index in [0.29, 0.717) is 24.4 Å². The second-order valence-corrected chi connectivity index (χ2v) is 5.26. The smallest absolute Gasteiger partial charge is 0.239 e. The Kier molecular flexibility index (Phi) is 5.49. The lowest BCUT2D eigenvalue weighted by atomic mass is 10.1. The van der Waals surface area contributed by atoms with Crippen molar-refractivity contribution in [3.63, 3.8) is 0 Å². The number of hydrogen-bond donors (Lipinski definition) is 2. The van der Waals surface area contributed by atoms with Gasteiger partial charge in [-0.15, -0.1) is 0 Å². The van der Waals surface area contributed by atoms with E-state index in [1.165, 1.54) is 0 Å². The molecule has 2 rings (SSSR count). The van der Waals surface area contributed by atoms with Crippen LogP contribution in [-0.2, 0) is 9.59 Å². The maximum Gasteiger partial charge on any atom is 0.239 e. The van der Waals surface area contributed by atoms with E-state index in [0.717, 1.165) is 12.8 Å². The average Bonchev–Trinajstić information content (AvgIpc) is 3.30. The normalized spacial score (nSPS) is 13.5. The Morgan fingerprint density at radius 3 is 2.38 bits per heavy atom. The summed E-state index contributed by atoms with van der Waals surface area (Å²) >= 11 is 0. The predicted molar refractivity (Wildman–Crippen MR) is 78.8 cm³/mol. The van der Waals surface area contributed by atoms with Gasteiger partial charge in [0.15, 0.2) is 5.78 Å². The zero-order valence-corrected chi connectivity index (χ0v) is 11.9. The summed E-state index contributed by atoms with van der Waals surface area (Å²) in [5.74, 6) is -0.303. The lowest BCUT2D eigenvalue weighted by Crippen LogP contribution is -2.37. The molecule has 0 saturated heterocycles. The molecular weight excluding hydrogens is 268 g/mol. The molecule has 1 aliphatic carbocycles. The summed E-state index contributed by atoms with van der Waals surface area (Å²) < 4.78 is 0. The Morgan fingerprint density at radius 1 is 1.00 bits per heavy atom. The zero-order chi connectivity index (χ0) is 15.1. The van der Waals surface area contributed by atoms with Gasteiger partial charge >= 0.3 is 0 Å². The van der Waals surface area contributed by atoms with Crippen LogP contribution >= 0.6 is 0 Å². The Bertz CT molecular complexity index is 510. The second-order valence-electron chi connectivity index (χ2n) is 5.26. The largest absolute Gasteiger partial charge is 0.352 e. The molecule has 5 heteroatoms. The quantitative estimate of drug-likeness (QED) is 0.711. The fraction of sp³-hybridized carbons (Fsp3) is 0.438. The lowest BCUT2D eigenvalue weighted by molar-refractivity contribution is -0.126. The molecule has 0 spiro atoms. The highest BCUT2D eigenvalue weighted by molar-refractivity contribution is 5.96. The number of Topliss-reactive ketones (excluding diaryl/α,β-unsaturated/α-hetero) is 1. The number of ketones is 1. The van der Waals surface area contributed by atoms with Crippen LogP contribution in [0.25, 0.3) is 0 Å². The molecule has 5 nitrogen and oxygen atoms in total. The molecule has 0 heterocycles. The van der Waals surface area contributed by atoms with Crippen molar-refractivity contribution in [3.05, 3.63) is 35.9 Å². The first kappa shape index (κ1) is 15.2. The highest BCUT2D eigenvalue weighted by Gasteiger charge is 2.23. The third-order valence-corrected chi connectivity index (χ3v) is 3.29. The molecule has 0 bridgehead atoms. The summed E-state index contributed by atoms with van der Waals surface area (Å²) in [4.78, 5) is 34.8. The minimum absolute atomic E-state index is 0.0158. The summed E-state index contributed by atoms with van der Waals surface area (Å²) in [7, 11) is 0. The number of rotatable bonds is 8. The van der Waals surface area contributed by atoms with Crippen LogP contribution in [0.2, 0.25) is 0 Å². The van der Waals surface area contributed by atoms with Gasteiger partial charge in [0.1, 0.15) is 0 Å². The molecule has 1 fully saturated rings. The van der Waals surface area contributed by atoms with E-state index in [1.807, 2.05) is 18.2 Å². The van der Waals surface area contributed by atoms with Gasteiger partial charge in [0.05, 0.1) is 6.54 Å². The molecule has 0 atom stereocenters. The summed E-state index contributed by atoms with van der Waals surface area (Å²) in [6.45, 7) is 0.0158. The minimum Gasteiger partial charge on any atom is -0.352 e. The molecule has 112 valence electrons. The van der Waals surface area contributed by atoms with Crippen LogP contribution in [0.5, 0.6) is 0 Å². The molecule has 2 N–H and O–H groups in total. The molecule has 1 aromatic carbocycles. The molecule has 2 amide bonds. The van der Waals surface area contributed by atoms with Gasteiger partial charge in [0.2, 0.25) is 11.8 Å². The van der Waals surface area contributed by atoms with E-state index >= 15 is 0 Å². The summed E-state index contributed by atoms with van der Waals surface area (Å²) in [6.07, 6.45) is 3.15. The topological polar surface area (TPSA) is 75.3 Å². The van der Waals surface area contributed by atoms with Gasteiger partial charge in [0, 0.05) is 24.4 Å². The van der Waals surface area contributed by atoms with Gasteiger partial charge in [-0.25, -0.2) is 0 Å². The molecule has 1 aromatic rings. The van der Waals surface area contributed by atoms with Crippen molar-refractivity contribution >= 4 is 17.6 Å². The highest BCUT2D eigenvalue weighted by atomic mass is 16.2. The maximum absolute atomic E-state index is 11.8. The molecule has 1 saturated carbocycles. The summed E-state index contributed by atoms with van der Waals surface area (Å²) in [6, 6.07) is 9.33. The Morgan fingerprint density at radius 2 is 1.71 bits per heavy atom. The van der Waals surface area contributed by atoms with Crippen molar-refractivity contribution in [2.45, 2.75) is 38.1 Å². The van der Waals surface area contributed by atoms with Gasteiger partial charge in [-0.05, 0) is 19.3 Å². The Hall–Kier alpha value is -2.17. The number of hydrogen-bond acceptors (Lipinski definition) is 3. The van der Waals surface area contributed by atoms with E-state index in [9.17, 15) is 14.4 Å². The standard InChI is InChI=1S/C16H20N2O3/c19-14(12-5-2-1-3-6-12)7-4-8-15(20)17-11-16(21)18-13-9-10-13/h1-3,5-6,13H,4,7-11H2,(H,17,20)(H,18,21). The molecule has 0 aromatic heterocycles. The predicted octanol–water partition coefficient (Wildman–Crippen LogP) is 1.43. The Labute approximate surface area is 124 Å². The van der Waals surface area contributed by atoms with Gasteiger partial charge in [-0.3, -0.25) is 14.4 Å². The summed E-state index contributed by atoms with van der Waals surface area (Å²) in [5, 5.41) is 5.36. The van der Waals surface area contributed by atoms with Crippen LogP contribution in [0, 0.1) is 0 Å². The number of carbonyl (C=O) groups is 3. The van der Waals surface area contributed by atoms with Gasteiger partial charge in [-0.1, -0.05) is 30.3 Å². The number of carbonyl (C=O) groups excluding carboxylic acids is 3. The maximum atomic E-state index is 11.8. The Balaban J connectivity index is 1.58. The average molecular weight is 288 g/mol. The van der Waals surface area contributed by atoms with Gasteiger partial charge < -0.3 is 10.6 Å². The van der Waals surface area contributed by atoms with Gasteiger partial charge in [-0.2, -0.15) is 0 Å². The summed E-state index contributed by atoms with van der Waals surface area (Å²) in [5.41, 5.74) is 0.668. The first-order chi connectivity index (χ1) is 10.1. The van der Waals surface area contributed by atoms with E-state index in [-0.39, 0.29) is 30.6 Å². The van der Waals surface area contributed by atoms with Gasteiger partial charge in [0.25, 0.3) is 0 Å². The van der Waals surface area contributed by atoms with Crippen LogP contribution in [0.15, 0.2) is 30.3 Å². The van der Waals surface area contributed by atoms with Crippen molar-refractivity contribution in [1.29, 1.82) is 0 Å². The monoisotopic (exact) mass is 288 g/mol. The second kappa shape index (κ2) is 7.57. The SMILES string of the molecule is O=C(CCCC(=O)c1ccccc1)NCC(=O)NC1CC1. The van der Waals surface area contributed by atoms with Crippen molar-refractivity contribution in [2.24, 2.45) is 0 Å². The van der Waals surface area contributed by atoms with Crippen molar-refractivity contribution in [3.8, 4) is 0 Å². The number of amides is 2. The molecule has 1 aliphatic rings. The van der Waals surface area contributed by atoms with Crippen LogP contribution in [0.4, 0.5) is 0 Å². The molecule has 0 aliphatic heterocycles. The van der Waals surface area contributed by atoms with Crippen molar-refractivity contribution in [1.82, 2.24) is 10.6 Å². The van der Waals surface area contributed by atoms with Crippen LogP contribution in [0.1, 0.15) is 42.5 Å². The number of nitrogens with one attached hydrogen (secondary N) is 2.